The maximum absolute atomic E-state index is 9.89. The first-order chi connectivity index (χ1) is 10.3. The van der Waals surface area contributed by atoms with Crippen LogP contribution in [0.25, 0.3) is 0 Å². The third kappa shape index (κ3) is 3.53. The number of hydrogen-bond donors (Lipinski definition) is 2. The Labute approximate surface area is 132 Å². The molecule has 0 radical (unpaired) electrons. The van der Waals surface area contributed by atoms with Gasteiger partial charge in [0.05, 0.1) is 6.10 Å². The van der Waals surface area contributed by atoms with Gasteiger partial charge in [-0.25, -0.2) is 0 Å². The summed E-state index contributed by atoms with van der Waals surface area (Å²) in [6.07, 6.45) is 5.66. The Morgan fingerprint density at radius 2 is 2.00 bits per heavy atom. The molecule has 1 aromatic rings. The zero-order valence-electron chi connectivity index (χ0n) is 12.5. The number of hydrogen-bond acceptors (Lipinski definition) is 3. The van der Waals surface area contributed by atoms with Crippen molar-refractivity contribution in [2.24, 2.45) is 5.92 Å². The van der Waals surface area contributed by atoms with Crippen LogP contribution in [0.4, 0.5) is 5.69 Å². The van der Waals surface area contributed by atoms with Crippen molar-refractivity contribution in [1.29, 1.82) is 0 Å². The Bertz CT molecular complexity index is 474. The summed E-state index contributed by atoms with van der Waals surface area (Å²) < 4.78 is 0. The number of anilines is 1. The summed E-state index contributed by atoms with van der Waals surface area (Å²) in [5.74, 6) is 0.405. The van der Waals surface area contributed by atoms with Gasteiger partial charge in [-0.3, -0.25) is 0 Å². The molecule has 1 aromatic carbocycles. The molecule has 1 heterocycles. The summed E-state index contributed by atoms with van der Waals surface area (Å²) in [5, 5.41) is 14.2. The van der Waals surface area contributed by atoms with Crippen molar-refractivity contribution in [3.8, 4) is 0 Å². The number of rotatable bonds is 5. The van der Waals surface area contributed by atoms with Gasteiger partial charge in [0.15, 0.2) is 0 Å². The van der Waals surface area contributed by atoms with Crippen LogP contribution in [0, 0.1) is 5.92 Å². The van der Waals surface area contributed by atoms with Crippen molar-refractivity contribution in [1.82, 2.24) is 5.32 Å². The number of nitrogens with one attached hydrogen (secondary N) is 1. The van der Waals surface area contributed by atoms with E-state index in [-0.39, 0.29) is 6.10 Å². The van der Waals surface area contributed by atoms with E-state index in [4.69, 9.17) is 11.6 Å². The topological polar surface area (TPSA) is 35.5 Å². The van der Waals surface area contributed by atoms with Gasteiger partial charge in [0, 0.05) is 42.5 Å². The van der Waals surface area contributed by atoms with Crippen LogP contribution in [0.3, 0.4) is 0 Å². The van der Waals surface area contributed by atoms with E-state index >= 15 is 0 Å². The fraction of sp³-hybridized carbons (Fsp3) is 0.647. The number of benzene rings is 1. The lowest BCUT2D eigenvalue weighted by atomic mass is 10.1. The van der Waals surface area contributed by atoms with E-state index in [0.717, 1.165) is 50.5 Å². The average molecular weight is 309 g/mol. The van der Waals surface area contributed by atoms with Gasteiger partial charge in [-0.2, -0.15) is 0 Å². The van der Waals surface area contributed by atoms with Gasteiger partial charge < -0.3 is 15.3 Å². The summed E-state index contributed by atoms with van der Waals surface area (Å²) in [6, 6.07) is 6.20. The summed E-state index contributed by atoms with van der Waals surface area (Å²) in [6.45, 7) is 3.93. The van der Waals surface area contributed by atoms with E-state index in [2.05, 4.69) is 16.3 Å². The highest BCUT2D eigenvalue weighted by Gasteiger charge is 2.25. The Hall–Kier alpha value is -0.770. The van der Waals surface area contributed by atoms with Gasteiger partial charge in [-0.1, -0.05) is 24.1 Å². The minimum Gasteiger partial charge on any atom is -0.393 e. The molecule has 21 heavy (non-hydrogen) atoms. The molecule has 2 fully saturated rings. The molecule has 1 aliphatic heterocycles. The van der Waals surface area contributed by atoms with E-state index in [9.17, 15) is 5.11 Å². The lowest BCUT2D eigenvalue weighted by Gasteiger charge is -2.23. The monoisotopic (exact) mass is 308 g/mol. The zero-order chi connectivity index (χ0) is 14.7. The molecular weight excluding hydrogens is 284 g/mol. The number of aliphatic hydroxyl groups excluding tert-OH is 1. The molecule has 2 atom stereocenters. The molecule has 2 aliphatic rings. The van der Waals surface area contributed by atoms with Gasteiger partial charge in [0.25, 0.3) is 0 Å². The lowest BCUT2D eigenvalue weighted by molar-refractivity contribution is 0.131. The molecule has 1 saturated carbocycles. The van der Waals surface area contributed by atoms with Gasteiger partial charge >= 0.3 is 0 Å². The Balaban J connectivity index is 1.63. The molecule has 116 valence electrons. The quantitative estimate of drug-likeness (QED) is 0.877. The van der Waals surface area contributed by atoms with Crippen LogP contribution in [0.1, 0.15) is 37.7 Å². The van der Waals surface area contributed by atoms with E-state index in [1.807, 2.05) is 12.1 Å². The van der Waals surface area contributed by atoms with Crippen LogP contribution >= 0.6 is 11.6 Å². The largest absolute Gasteiger partial charge is 0.393 e. The molecule has 2 N–H and O–H groups in total. The normalized spacial score (nSPS) is 25.7. The first-order valence-corrected chi connectivity index (χ1v) is 8.54. The van der Waals surface area contributed by atoms with Crippen molar-refractivity contribution < 1.29 is 5.11 Å². The summed E-state index contributed by atoms with van der Waals surface area (Å²) in [7, 11) is 0. The van der Waals surface area contributed by atoms with Crippen molar-refractivity contribution in [2.45, 2.75) is 44.8 Å². The second-order valence-corrected chi connectivity index (χ2v) is 6.73. The molecule has 0 bridgehead atoms. The predicted molar refractivity (Wildman–Crippen MR) is 88.0 cm³/mol. The average Bonchev–Trinajstić information content (AvgIpc) is 3.13. The fourth-order valence-electron chi connectivity index (χ4n) is 3.61. The highest BCUT2D eigenvalue weighted by molar-refractivity contribution is 6.31. The molecule has 1 saturated heterocycles. The molecule has 0 spiro atoms. The van der Waals surface area contributed by atoms with E-state index in [1.165, 1.54) is 24.1 Å². The molecular formula is C17H25ClN2O. The molecule has 3 nitrogen and oxygen atoms in total. The number of nitrogens with zero attached hydrogens (tertiary/aromatic N) is 1. The number of aliphatic hydroxyl groups is 1. The first-order valence-electron chi connectivity index (χ1n) is 8.17. The molecule has 1 aliphatic carbocycles. The van der Waals surface area contributed by atoms with E-state index in [0.29, 0.717) is 5.92 Å². The highest BCUT2D eigenvalue weighted by Crippen LogP contribution is 2.30. The van der Waals surface area contributed by atoms with Crippen LogP contribution in [-0.2, 0) is 6.54 Å². The maximum Gasteiger partial charge on any atom is 0.0580 e. The predicted octanol–water partition coefficient (Wildman–Crippen LogP) is 3.19. The van der Waals surface area contributed by atoms with Crippen LogP contribution in [0.15, 0.2) is 18.2 Å². The van der Waals surface area contributed by atoms with Crippen LogP contribution in [-0.4, -0.2) is 30.8 Å². The maximum atomic E-state index is 9.89. The summed E-state index contributed by atoms with van der Waals surface area (Å²) in [4.78, 5) is 2.44. The second-order valence-electron chi connectivity index (χ2n) is 6.32. The Morgan fingerprint density at radius 3 is 2.71 bits per heavy atom. The van der Waals surface area contributed by atoms with Gasteiger partial charge in [-0.05, 0) is 43.7 Å². The molecule has 0 aromatic heterocycles. The third-order valence-electron chi connectivity index (χ3n) is 4.87. The molecule has 0 amide bonds. The van der Waals surface area contributed by atoms with Crippen molar-refractivity contribution in [3.05, 3.63) is 28.8 Å². The second kappa shape index (κ2) is 6.99. The standard InChI is InChI=1S/C17H25ClN2O/c18-15-6-4-7-16(20-9-1-2-10-20)14(15)12-19-11-13-5-3-8-17(13)21/h4,6-7,13,17,19,21H,1-3,5,8-12H2. The van der Waals surface area contributed by atoms with Crippen molar-refractivity contribution >= 4 is 17.3 Å². The van der Waals surface area contributed by atoms with Crippen molar-refractivity contribution in [3.63, 3.8) is 0 Å². The SMILES string of the molecule is OC1CCCC1CNCc1c(Cl)cccc1N1CCCC1. The Morgan fingerprint density at radius 1 is 1.19 bits per heavy atom. The third-order valence-corrected chi connectivity index (χ3v) is 5.22. The van der Waals surface area contributed by atoms with Crippen molar-refractivity contribution in [2.75, 3.05) is 24.5 Å². The van der Waals surface area contributed by atoms with Crippen LogP contribution in [0.2, 0.25) is 5.02 Å². The van der Waals surface area contributed by atoms with Crippen LogP contribution in [0.5, 0.6) is 0 Å². The number of halogens is 1. The van der Waals surface area contributed by atoms with Gasteiger partial charge in [-0.15, -0.1) is 0 Å². The molecule has 4 heteroatoms. The van der Waals surface area contributed by atoms with Gasteiger partial charge in [0.2, 0.25) is 0 Å². The lowest BCUT2D eigenvalue weighted by Crippen LogP contribution is -2.28. The van der Waals surface area contributed by atoms with E-state index in [1.54, 1.807) is 0 Å². The molecule has 3 rings (SSSR count). The van der Waals surface area contributed by atoms with E-state index < -0.39 is 0 Å². The zero-order valence-corrected chi connectivity index (χ0v) is 13.3. The minimum atomic E-state index is -0.123. The molecule has 2 unspecified atom stereocenters. The summed E-state index contributed by atoms with van der Waals surface area (Å²) in [5.41, 5.74) is 2.48. The van der Waals surface area contributed by atoms with Gasteiger partial charge in [0.1, 0.15) is 0 Å². The summed E-state index contributed by atoms with van der Waals surface area (Å²) >= 11 is 6.42. The first kappa shape index (κ1) is 15.1. The fourth-order valence-corrected chi connectivity index (χ4v) is 3.85. The minimum absolute atomic E-state index is 0.123. The highest BCUT2D eigenvalue weighted by atomic mass is 35.5. The smallest absolute Gasteiger partial charge is 0.0580 e. The van der Waals surface area contributed by atoms with Crippen LogP contribution < -0.4 is 10.2 Å². The Kier molecular flexibility index (Phi) is 5.04.